The highest BCUT2D eigenvalue weighted by Gasteiger charge is 2.18. The van der Waals surface area contributed by atoms with Gasteiger partial charge >= 0.3 is 0 Å². The molecule has 2 heterocycles. The summed E-state index contributed by atoms with van der Waals surface area (Å²) in [6, 6.07) is 0. The Morgan fingerprint density at radius 1 is 1.10 bits per heavy atom. The Hall–Kier alpha value is -0.940. The minimum atomic E-state index is 0.0954. The molecular formula is C15H23N3OS. The normalized spacial score (nSPS) is 20.2. The number of nitrogens with one attached hydrogen (secondary N) is 1. The van der Waals surface area contributed by atoms with Crippen LogP contribution in [0.2, 0.25) is 0 Å². The number of hydrogen-bond donors (Lipinski definition) is 1. The lowest BCUT2D eigenvalue weighted by atomic mass is 10.0. The summed E-state index contributed by atoms with van der Waals surface area (Å²) in [7, 11) is 0. The number of carbonyl (C=O) groups excluding carboxylic acids is 1. The van der Waals surface area contributed by atoms with Gasteiger partial charge in [0.15, 0.2) is 5.13 Å². The maximum Gasteiger partial charge on any atom is 0.240 e. The number of anilines is 1. The molecule has 0 unspecified atom stereocenters. The first kappa shape index (κ1) is 14.0. The van der Waals surface area contributed by atoms with Crippen LogP contribution in [0.1, 0.15) is 49.1 Å². The van der Waals surface area contributed by atoms with Crippen LogP contribution in [0.5, 0.6) is 0 Å². The molecule has 1 amide bonds. The molecular weight excluding hydrogens is 270 g/mol. The molecule has 1 saturated heterocycles. The molecule has 1 aliphatic heterocycles. The monoisotopic (exact) mass is 293 g/mol. The van der Waals surface area contributed by atoms with Gasteiger partial charge in [-0.3, -0.25) is 9.69 Å². The molecule has 4 nitrogen and oxygen atoms in total. The second-order valence-corrected chi connectivity index (χ2v) is 6.92. The van der Waals surface area contributed by atoms with Crippen molar-refractivity contribution in [1.29, 1.82) is 0 Å². The van der Waals surface area contributed by atoms with Gasteiger partial charge in [0, 0.05) is 4.88 Å². The van der Waals surface area contributed by atoms with Gasteiger partial charge in [-0.05, 0) is 51.6 Å². The van der Waals surface area contributed by atoms with Crippen LogP contribution < -0.4 is 5.32 Å². The minimum Gasteiger partial charge on any atom is -0.301 e. The molecule has 0 bridgehead atoms. The molecule has 5 heteroatoms. The van der Waals surface area contributed by atoms with Crippen LogP contribution in [-0.2, 0) is 17.6 Å². The Balaban J connectivity index is 1.54. The number of nitrogens with zero attached hydrogens (tertiary/aromatic N) is 2. The highest BCUT2D eigenvalue weighted by atomic mass is 32.1. The van der Waals surface area contributed by atoms with Crippen LogP contribution in [0.3, 0.4) is 0 Å². The van der Waals surface area contributed by atoms with Crippen molar-refractivity contribution in [2.75, 3.05) is 25.0 Å². The largest absolute Gasteiger partial charge is 0.301 e. The summed E-state index contributed by atoms with van der Waals surface area (Å²) in [6.07, 6.45) is 9.75. The van der Waals surface area contributed by atoms with Crippen molar-refractivity contribution in [2.45, 2.75) is 51.4 Å². The zero-order valence-corrected chi connectivity index (χ0v) is 12.8. The number of fused-ring (bicyclic) bond motifs is 1. The number of aromatic nitrogens is 1. The Morgan fingerprint density at radius 3 is 2.60 bits per heavy atom. The van der Waals surface area contributed by atoms with Gasteiger partial charge < -0.3 is 5.32 Å². The average Bonchev–Trinajstić information content (AvgIpc) is 2.66. The predicted molar refractivity (Wildman–Crippen MR) is 82.3 cm³/mol. The molecule has 110 valence electrons. The van der Waals surface area contributed by atoms with E-state index in [-0.39, 0.29) is 5.91 Å². The number of rotatable bonds is 3. The van der Waals surface area contributed by atoms with E-state index >= 15 is 0 Å². The van der Waals surface area contributed by atoms with Crippen LogP contribution in [-0.4, -0.2) is 35.4 Å². The zero-order chi connectivity index (χ0) is 13.8. The first-order chi connectivity index (χ1) is 9.81. The number of likely N-dealkylation sites (tertiary alicyclic amines) is 1. The Labute approximate surface area is 124 Å². The second-order valence-electron chi connectivity index (χ2n) is 5.83. The van der Waals surface area contributed by atoms with Crippen molar-refractivity contribution in [3.8, 4) is 0 Å². The zero-order valence-electron chi connectivity index (χ0n) is 12.0. The summed E-state index contributed by atoms with van der Waals surface area (Å²) in [5.74, 6) is 0.0954. The van der Waals surface area contributed by atoms with Crippen LogP contribution in [0.15, 0.2) is 0 Å². The molecule has 0 aromatic carbocycles. The molecule has 0 saturated carbocycles. The van der Waals surface area contributed by atoms with Crippen molar-refractivity contribution >= 4 is 22.4 Å². The molecule has 1 aromatic heterocycles. The second kappa shape index (κ2) is 6.68. The van der Waals surface area contributed by atoms with E-state index in [1.54, 1.807) is 11.3 Å². The quantitative estimate of drug-likeness (QED) is 0.932. The predicted octanol–water partition coefficient (Wildman–Crippen LogP) is 2.84. The van der Waals surface area contributed by atoms with E-state index in [1.807, 2.05) is 0 Å². The number of thiazole rings is 1. The molecule has 3 rings (SSSR count). The first-order valence-corrected chi connectivity index (χ1v) is 8.64. The minimum absolute atomic E-state index is 0.0954. The van der Waals surface area contributed by atoms with Gasteiger partial charge in [0.05, 0.1) is 12.2 Å². The summed E-state index contributed by atoms with van der Waals surface area (Å²) in [5, 5.41) is 3.80. The summed E-state index contributed by atoms with van der Waals surface area (Å²) in [5.41, 5.74) is 1.21. The van der Waals surface area contributed by atoms with Crippen molar-refractivity contribution in [3.63, 3.8) is 0 Å². The molecule has 1 N–H and O–H groups in total. The molecule has 0 spiro atoms. The number of amides is 1. The first-order valence-electron chi connectivity index (χ1n) is 7.82. The van der Waals surface area contributed by atoms with Gasteiger partial charge in [-0.15, -0.1) is 11.3 Å². The van der Waals surface area contributed by atoms with Gasteiger partial charge in [0.1, 0.15) is 0 Å². The third kappa shape index (κ3) is 3.58. The average molecular weight is 293 g/mol. The van der Waals surface area contributed by atoms with Gasteiger partial charge in [0.2, 0.25) is 5.91 Å². The summed E-state index contributed by atoms with van der Waals surface area (Å²) in [4.78, 5) is 20.3. The van der Waals surface area contributed by atoms with Crippen molar-refractivity contribution in [3.05, 3.63) is 10.6 Å². The van der Waals surface area contributed by atoms with E-state index in [9.17, 15) is 4.79 Å². The van der Waals surface area contributed by atoms with E-state index in [4.69, 9.17) is 0 Å². The third-order valence-electron chi connectivity index (χ3n) is 4.16. The molecule has 1 aromatic rings. The Kier molecular flexibility index (Phi) is 4.68. The third-order valence-corrected chi connectivity index (χ3v) is 5.23. The molecule has 0 radical (unpaired) electrons. The Morgan fingerprint density at radius 2 is 1.85 bits per heavy atom. The number of hydrogen-bond acceptors (Lipinski definition) is 4. The fourth-order valence-electron chi connectivity index (χ4n) is 3.06. The van der Waals surface area contributed by atoms with E-state index in [0.717, 1.165) is 31.1 Å². The molecule has 0 atom stereocenters. The fourth-order valence-corrected chi connectivity index (χ4v) is 4.13. The van der Waals surface area contributed by atoms with E-state index < -0.39 is 0 Å². The van der Waals surface area contributed by atoms with E-state index in [0.29, 0.717) is 6.54 Å². The lowest BCUT2D eigenvalue weighted by Crippen LogP contribution is -2.33. The molecule has 1 aliphatic carbocycles. The highest BCUT2D eigenvalue weighted by Crippen LogP contribution is 2.29. The van der Waals surface area contributed by atoms with Crippen molar-refractivity contribution in [1.82, 2.24) is 9.88 Å². The molecule has 2 aliphatic rings. The van der Waals surface area contributed by atoms with Crippen LogP contribution >= 0.6 is 11.3 Å². The maximum absolute atomic E-state index is 12.1. The summed E-state index contributed by atoms with van der Waals surface area (Å²) in [6.45, 7) is 2.63. The van der Waals surface area contributed by atoms with Crippen molar-refractivity contribution in [2.24, 2.45) is 0 Å². The van der Waals surface area contributed by atoms with E-state index in [2.05, 4.69) is 15.2 Å². The molecule has 20 heavy (non-hydrogen) atoms. The smallest absolute Gasteiger partial charge is 0.240 e. The van der Waals surface area contributed by atoms with Crippen LogP contribution in [0, 0.1) is 0 Å². The molecule has 1 fully saturated rings. The van der Waals surface area contributed by atoms with Gasteiger partial charge in [-0.1, -0.05) is 12.8 Å². The summed E-state index contributed by atoms with van der Waals surface area (Å²) < 4.78 is 0. The maximum atomic E-state index is 12.1. The summed E-state index contributed by atoms with van der Waals surface area (Å²) >= 11 is 1.67. The fraction of sp³-hybridized carbons (Fsp3) is 0.733. The van der Waals surface area contributed by atoms with Crippen molar-refractivity contribution < 1.29 is 4.79 Å². The highest BCUT2D eigenvalue weighted by molar-refractivity contribution is 7.15. The lowest BCUT2D eigenvalue weighted by Gasteiger charge is -2.18. The van der Waals surface area contributed by atoms with Gasteiger partial charge in [-0.2, -0.15) is 0 Å². The lowest BCUT2D eigenvalue weighted by molar-refractivity contribution is -0.117. The van der Waals surface area contributed by atoms with Gasteiger partial charge in [-0.25, -0.2) is 4.98 Å². The topological polar surface area (TPSA) is 45.2 Å². The van der Waals surface area contributed by atoms with Crippen LogP contribution in [0.25, 0.3) is 0 Å². The SMILES string of the molecule is O=C(CN1CCCCCC1)Nc1nc2c(s1)CCCC2. The number of aryl methyl sites for hydroxylation is 2. The number of carbonyl (C=O) groups is 1. The van der Waals surface area contributed by atoms with Gasteiger partial charge in [0.25, 0.3) is 0 Å². The standard InChI is InChI=1S/C15H23N3OS/c19-14(11-18-9-5-1-2-6-10-18)17-15-16-12-7-3-4-8-13(12)20-15/h1-11H2,(H,16,17,19). The Bertz CT molecular complexity index is 440. The van der Waals surface area contributed by atoms with Crippen LogP contribution in [0.4, 0.5) is 5.13 Å². The van der Waals surface area contributed by atoms with E-state index in [1.165, 1.54) is 49.1 Å².